The fourth-order valence-corrected chi connectivity index (χ4v) is 4.70. The summed E-state index contributed by atoms with van der Waals surface area (Å²) in [6.07, 6.45) is 2.54. The molecule has 0 aliphatic carbocycles. The first kappa shape index (κ1) is 20.3. The number of rotatable bonds is 4. The zero-order valence-corrected chi connectivity index (χ0v) is 18.4. The van der Waals surface area contributed by atoms with Crippen molar-refractivity contribution in [3.63, 3.8) is 0 Å². The van der Waals surface area contributed by atoms with Gasteiger partial charge in [0.15, 0.2) is 0 Å². The van der Waals surface area contributed by atoms with E-state index < -0.39 is 0 Å². The Kier molecular flexibility index (Phi) is 5.59. The van der Waals surface area contributed by atoms with Crippen LogP contribution in [0.3, 0.4) is 0 Å². The predicted molar refractivity (Wildman–Crippen MR) is 123 cm³/mol. The van der Waals surface area contributed by atoms with Gasteiger partial charge < -0.3 is 15.0 Å². The van der Waals surface area contributed by atoms with E-state index in [9.17, 15) is 4.79 Å². The summed E-state index contributed by atoms with van der Waals surface area (Å²) in [5, 5.41) is 3.89. The molecule has 0 radical (unpaired) electrons. The van der Waals surface area contributed by atoms with E-state index in [-0.39, 0.29) is 17.9 Å². The van der Waals surface area contributed by atoms with Gasteiger partial charge in [0, 0.05) is 36.3 Å². The highest BCUT2D eigenvalue weighted by atomic mass is 35.5. The van der Waals surface area contributed by atoms with Crippen molar-refractivity contribution in [3.05, 3.63) is 53.1 Å². The topological polar surface area (TPSA) is 59.4 Å². The minimum Gasteiger partial charge on any atom is -0.379 e. The van der Waals surface area contributed by atoms with Gasteiger partial charge in [0.25, 0.3) is 0 Å². The van der Waals surface area contributed by atoms with E-state index in [1.165, 1.54) is 0 Å². The summed E-state index contributed by atoms with van der Waals surface area (Å²) in [7, 11) is 0. The van der Waals surface area contributed by atoms with Crippen molar-refractivity contribution >= 4 is 34.5 Å². The van der Waals surface area contributed by atoms with Gasteiger partial charge in [0.2, 0.25) is 11.9 Å². The van der Waals surface area contributed by atoms with Crippen molar-refractivity contribution in [2.45, 2.75) is 32.2 Å². The zero-order valence-electron chi connectivity index (χ0n) is 17.7. The maximum absolute atomic E-state index is 12.7. The number of para-hydroxylation sites is 1. The Morgan fingerprint density at radius 3 is 2.65 bits per heavy atom. The highest BCUT2D eigenvalue weighted by Gasteiger charge is 2.30. The molecule has 31 heavy (non-hydrogen) atoms. The predicted octanol–water partition coefficient (Wildman–Crippen LogP) is 4.11. The Bertz CT molecular complexity index is 1080. The third kappa shape index (κ3) is 4.02. The largest absolute Gasteiger partial charge is 0.379 e. The first-order chi connectivity index (χ1) is 15.1. The fourth-order valence-electron chi connectivity index (χ4n) is 4.54. The number of hydrogen-bond donors (Lipinski definition) is 1. The van der Waals surface area contributed by atoms with Gasteiger partial charge in [-0.05, 0) is 56.0 Å². The molecule has 2 aliphatic rings. The van der Waals surface area contributed by atoms with E-state index in [1.54, 1.807) is 0 Å². The van der Waals surface area contributed by atoms with E-state index in [2.05, 4.69) is 26.9 Å². The Hall–Kier alpha value is -2.57. The molecule has 2 aromatic carbocycles. The van der Waals surface area contributed by atoms with E-state index in [0.29, 0.717) is 6.61 Å². The van der Waals surface area contributed by atoms with Gasteiger partial charge in [0.1, 0.15) is 0 Å². The Morgan fingerprint density at radius 2 is 1.94 bits per heavy atom. The van der Waals surface area contributed by atoms with Crippen molar-refractivity contribution in [1.82, 2.24) is 14.9 Å². The number of nitrogens with zero attached hydrogens (tertiary/aromatic N) is 3. The smallest absolute Gasteiger partial charge is 0.223 e. The molecule has 7 heteroatoms. The molecule has 5 rings (SSSR count). The molecule has 1 atom stereocenters. The number of carbonyl (C=O) groups is 1. The molecule has 1 amide bonds. The summed E-state index contributed by atoms with van der Waals surface area (Å²) >= 11 is 6.46. The van der Waals surface area contributed by atoms with Gasteiger partial charge >= 0.3 is 0 Å². The van der Waals surface area contributed by atoms with Gasteiger partial charge in [-0.2, -0.15) is 0 Å². The molecule has 162 valence electrons. The Balaban J connectivity index is 1.41. The summed E-state index contributed by atoms with van der Waals surface area (Å²) in [4.78, 5) is 20.0. The molecule has 0 saturated carbocycles. The van der Waals surface area contributed by atoms with Crippen LogP contribution in [0.15, 0.2) is 42.5 Å². The molecule has 1 N–H and O–H groups in total. The van der Waals surface area contributed by atoms with E-state index in [0.717, 1.165) is 72.2 Å². The molecule has 6 nitrogen and oxygen atoms in total. The summed E-state index contributed by atoms with van der Waals surface area (Å²) < 4.78 is 7.56. The number of piperidine rings is 1. The number of aromatic nitrogens is 2. The second-order valence-electron chi connectivity index (χ2n) is 8.50. The number of benzene rings is 2. The van der Waals surface area contributed by atoms with E-state index in [1.807, 2.05) is 37.3 Å². The second kappa shape index (κ2) is 8.52. The zero-order chi connectivity index (χ0) is 21.4. The number of anilines is 1. The van der Waals surface area contributed by atoms with Crippen LogP contribution in [0, 0.1) is 12.8 Å². The van der Waals surface area contributed by atoms with Crippen LogP contribution >= 0.6 is 11.6 Å². The van der Waals surface area contributed by atoms with Crippen molar-refractivity contribution < 1.29 is 9.53 Å². The molecular formula is C24H27ClN4O2. The lowest BCUT2D eigenvalue weighted by molar-refractivity contribution is -0.126. The highest BCUT2D eigenvalue weighted by molar-refractivity contribution is 6.32. The summed E-state index contributed by atoms with van der Waals surface area (Å²) in [5.74, 6) is 1.11. The molecule has 3 aromatic rings. The molecule has 2 aliphatic heterocycles. The number of amides is 1. The lowest BCUT2D eigenvalue weighted by Crippen LogP contribution is -2.44. The first-order valence-electron chi connectivity index (χ1n) is 11.0. The summed E-state index contributed by atoms with van der Waals surface area (Å²) in [5.41, 5.74) is 4.01. The third-order valence-corrected chi connectivity index (χ3v) is 6.76. The number of imidazole rings is 1. The number of nitrogens with one attached hydrogen (secondary N) is 1. The monoisotopic (exact) mass is 438 g/mol. The van der Waals surface area contributed by atoms with Crippen LogP contribution < -0.4 is 10.2 Å². The molecule has 1 aromatic heterocycles. The fraction of sp³-hybridized carbons (Fsp3) is 0.417. The lowest BCUT2D eigenvalue weighted by atomic mass is 9.95. The van der Waals surface area contributed by atoms with Crippen LogP contribution in [-0.4, -0.2) is 47.8 Å². The van der Waals surface area contributed by atoms with Crippen LogP contribution in [0.25, 0.3) is 16.7 Å². The number of halogens is 1. The minimum atomic E-state index is 0.0445. The van der Waals surface area contributed by atoms with Gasteiger partial charge in [-0.15, -0.1) is 0 Å². The van der Waals surface area contributed by atoms with Crippen LogP contribution in [0.5, 0.6) is 0 Å². The second-order valence-corrected chi connectivity index (χ2v) is 8.91. The Morgan fingerprint density at radius 1 is 1.16 bits per heavy atom. The number of aryl methyl sites for hydroxylation is 1. The first-order valence-corrected chi connectivity index (χ1v) is 11.3. The van der Waals surface area contributed by atoms with Gasteiger partial charge in [-0.25, -0.2) is 4.98 Å². The average Bonchev–Trinajstić information content (AvgIpc) is 3.42. The molecular weight excluding hydrogens is 412 g/mol. The van der Waals surface area contributed by atoms with Gasteiger partial charge in [-0.1, -0.05) is 29.8 Å². The third-order valence-electron chi connectivity index (χ3n) is 6.36. The van der Waals surface area contributed by atoms with Crippen LogP contribution in [0.4, 0.5) is 5.95 Å². The van der Waals surface area contributed by atoms with Crippen LogP contribution in [-0.2, 0) is 9.53 Å². The number of carbonyl (C=O) groups excluding carboxylic acids is 1. The van der Waals surface area contributed by atoms with E-state index >= 15 is 0 Å². The van der Waals surface area contributed by atoms with Crippen LogP contribution in [0.2, 0.25) is 5.02 Å². The quantitative estimate of drug-likeness (QED) is 0.666. The maximum atomic E-state index is 12.7. The number of hydrogen-bond acceptors (Lipinski definition) is 4. The average molecular weight is 439 g/mol. The minimum absolute atomic E-state index is 0.0445. The summed E-state index contributed by atoms with van der Waals surface area (Å²) in [6.45, 7) is 4.96. The number of ether oxygens (including phenoxy) is 1. The van der Waals surface area contributed by atoms with E-state index in [4.69, 9.17) is 21.3 Å². The van der Waals surface area contributed by atoms with Crippen molar-refractivity contribution in [2.24, 2.45) is 5.92 Å². The van der Waals surface area contributed by atoms with Crippen molar-refractivity contribution in [3.8, 4) is 5.69 Å². The molecule has 2 saturated heterocycles. The normalized spacial score (nSPS) is 19.8. The number of fused-ring (bicyclic) bond motifs is 1. The molecule has 0 bridgehead atoms. The summed E-state index contributed by atoms with van der Waals surface area (Å²) in [6, 6.07) is 14.5. The lowest BCUT2D eigenvalue weighted by Gasteiger charge is -2.32. The highest BCUT2D eigenvalue weighted by Crippen LogP contribution is 2.32. The van der Waals surface area contributed by atoms with Gasteiger partial charge in [0.05, 0.1) is 23.7 Å². The van der Waals surface area contributed by atoms with Crippen molar-refractivity contribution in [2.75, 3.05) is 31.2 Å². The standard InChI is InChI=1S/C24H27ClN4O2/c1-16-13-21-22(14-20(16)25)29(19-5-3-2-4-6-19)24(27-21)28-10-7-17(8-11-28)23(30)26-18-9-12-31-15-18/h2-6,13-14,17-18H,7-12,15H2,1H3,(H,26,30). The molecule has 3 heterocycles. The molecule has 2 fully saturated rings. The van der Waals surface area contributed by atoms with Crippen molar-refractivity contribution in [1.29, 1.82) is 0 Å². The molecule has 1 unspecified atom stereocenters. The van der Waals surface area contributed by atoms with Crippen LogP contribution in [0.1, 0.15) is 24.8 Å². The van der Waals surface area contributed by atoms with Gasteiger partial charge in [-0.3, -0.25) is 9.36 Å². The SMILES string of the molecule is Cc1cc2nc(N3CCC(C(=O)NC4CCOC4)CC3)n(-c3ccccc3)c2cc1Cl. The maximum Gasteiger partial charge on any atom is 0.223 e. The Labute approximate surface area is 187 Å². The molecule has 0 spiro atoms.